The molecule has 13 heteroatoms. The Morgan fingerprint density at radius 1 is 0.750 bits per heavy atom. The summed E-state index contributed by atoms with van der Waals surface area (Å²) in [5.41, 5.74) is 3.67. The van der Waals surface area contributed by atoms with Crippen molar-refractivity contribution in [1.82, 2.24) is 15.0 Å². The van der Waals surface area contributed by atoms with Gasteiger partial charge in [-0.15, -0.1) is 0 Å². The van der Waals surface area contributed by atoms with Gasteiger partial charge in [0.05, 0.1) is 16.8 Å². The fraction of sp³-hybridized carbons (Fsp3) is 0.277. The minimum absolute atomic E-state index is 0.101. The Labute approximate surface area is 344 Å². The Bertz CT molecular complexity index is 2900. The third-order valence-corrected chi connectivity index (χ3v) is 11.1. The zero-order valence-corrected chi connectivity index (χ0v) is 34.3. The van der Waals surface area contributed by atoms with E-state index in [9.17, 15) is 32.3 Å². The maximum absolute atomic E-state index is 13.8. The molecule has 2 amide bonds. The monoisotopic (exact) mass is 816 g/mol. The molecule has 1 aliphatic heterocycles. The molecule has 0 bridgehead atoms. The van der Waals surface area contributed by atoms with Crippen molar-refractivity contribution < 1.29 is 22.8 Å². The molecule has 1 unspecified atom stereocenters. The number of hydrogen-bond acceptors (Lipinski definition) is 5. The van der Waals surface area contributed by atoms with Crippen molar-refractivity contribution in [3.8, 4) is 0 Å². The van der Waals surface area contributed by atoms with Crippen molar-refractivity contribution in [2.45, 2.75) is 66.0 Å². The summed E-state index contributed by atoms with van der Waals surface area (Å²) in [7, 11) is 0. The van der Waals surface area contributed by atoms with E-state index in [1.807, 2.05) is 42.3 Å². The number of para-hydroxylation sites is 1. The number of pyridine rings is 2. The van der Waals surface area contributed by atoms with E-state index in [0.29, 0.717) is 52.2 Å². The first-order chi connectivity index (χ1) is 28.4. The molecule has 4 aromatic carbocycles. The van der Waals surface area contributed by atoms with Crippen molar-refractivity contribution in [2.75, 3.05) is 28.6 Å². The van der Waals surface area contributed by atoms with E-state index < -0.39 is 29.0 Å². The highest BCUT2D eigenvalue weighted by molar-refractivity contribution is 6.08. The van der Waals surface area contributed by atoms with Crippen molar-refractivity contribution in [2.24, 2.45) is 5.92 Å². The number of nitrogens with one attached hydrogen (secondary N) is 5. The van der Waals surface area contributed by atoms with Crippen LogP contribution in [-0.2, 0) is 11.6 Å². The van der Waals surface area contributed by atoms with Gasteiger partial charge in [0.2, 0.25) is 10.9 Å². The van der Waals surface area contributed by atoms with Crippen LogP contribution >= 0.6 is 0 Å². The number of hydrogen-bond donors (Lipinski definition) is 5. The quantitative estimate of drug-likeness (QED) is 0.118. The van der Waals surface area contributed by atoms with Crippen molar-refractivity contribution in [3.63, 3.8) is 0 Å². The molecule has 5 N–H and O–H groups in total. The van der Waals surface area contributed by atoms with Crippen LogP contribution in [0.4, 0.5) is 30.2 Å². The average molecular weight is 817 g/mol. The summed E-state index contributed by atoms with van der Waals surface area (Å²) in [5, 5.41) is 7.20. The van der Waals surface area contributed by atoms with Gasteiger partial charge in [-0.05, 0) is 109 Å². The molecule has 4 heterocycles. The first-order valence-electron chi connectivity index (χ1n) is 19.8. The minimum Gasteiger partial charge on any atom is -0.371 e. The Hall–Kier alpha value is -6.63. The maximum atomic E-state index is 13.8. The number of fused-ring (bicyclic) bond motifs is 3. The van der Waals surface area contributed by atoms with Crippen molar-refractivity contribution >= 4 is 61.6 Å². The topological polar surface area (TPSA) is 143 Å². The zero-order valence-electron chi connectivity index (χ0n) is 34.3. The van der Waals surface area contributed by atoms with Crippen LogP contribution in [0, 0.1) is 19.8 Å². The molecule has 1 fully saturated rings. The third kappa shape index (κ3) is 8.43. The van der Waals surface area contributed by atoms with Gasteiger partial charge in [-0.1, -0.05) is 52.0 Å². The zero-order chi connectivity index (χ0) is 43.1. The molecular formula is C47H47F3N6O4. The number of carbonyl (C=O) groups is 2. The van der Waals surface area contributed by atoms with Gasteiger partial charge < -0.3 is 30.5 Å². The number of piperidine rings is 1. The molecule has 0 aliphatic carbocycles. The third-order valence-electron chi connectivity index (χ3n) is 11.1. The van der Waals surface area contributed by atoms with E-state index in [-0.39, 0.29) is 27.7 Å². The number of anilines is 3. The van der Waals surface area contributed by atoms with E-state index in [0.717, 1.165) is 46.5 Å². The molecule has 0 spiro atoms. The Morgan fingerprint density at radius 2 is 1.43 bits per heavy atom. The summed E-state index contributed by atoms with van der Waals surface area (Å²) < 4.78 is 41.5. The average Bonchev–Trinajstić information content (AvgIpc) is 3.65. The molecule has 60 heavy (non-hydrogen) atoms. The van der Waals surface area contributed by atoms with Gasteiger partial charge in [0.1, 0.15) is 11.1 Å². The van der Waals surface area contributed by atoms with E-state index >= 15 is 0 Å². The summed E-state index contributed by atoms with van der Waals surface area (Å²) in [6.45, 7) is 13.4. The number of aryl methyl sites for hydroxylation is 2. The lowest BCUT2D eigenvalue weighted by Crippen LogP contribution is -2.34. The van der Waals surface area contributed by atoms with Gasteiger partial charge in [0, 0.05) is 64.9 Å². The second-order valence-electron chi connectivity index (χ2n) is 16.6. The van der Waals surface area contributed by atoms with Gasteiger partial charge in [0.25, 0.3) is 11.8 Å². The van der Waals surface area contributed by atoms with Crippen LogP contribution in [0.1, 0.15) is 83.5 Å². The molecule has 7 aromatic rings. The predicted octanol–water partition coefficient (Wildman–Crippen LogP) is 10.2. The highest BCUT2D eigenvalue weighted by Gasteiger charge is 2.35. The number of aromatic nitrogens is 3. The lowest BCUT2D eigenvalue weighted by molar-refractivity contribution is -0.136. The van der Waals surface area contributed by atoms with E-state index in [1.54, 1.807) is 37.3 Å². The summed E-state index contributed by atoms with van der Waals surface area (Å²) in [5.74, 6) is -0.900. The van der Waals surface area contributed by atoms with Crippen LogP contribution in [0.3, 0.4) is 0 Å². The van der Waals surface area contributed by atoms with Crippen molar-refractivity contribution in [3.05, 3.63) is 145 Å². The molecule has 310 valence electrons. The number of H-pyrrole nitrogens is 3. The van der Waals surface area contributed by atoms with Gasteiger partial charge in [-0.2, -0.15) is 13.2 Å². The molecule has 1 saturated heterocycles. The van der Waals surface area contributed by atoms with Crippen LogP contribution in [0.15, 0.2) is 101 Å². The van der Waals surface area contributed by atoms with Crippen LogP contribution in [-0.4, -0.2) is 39.9 Å². The number of halogens is 3. The standard InChI is InChI=1S/C24H24F3N3O2.C23H23N3O2/c1-14-5-4-10-30(13-14)16-8-9-19(18(11-16)24(25,26)27)29-23(32)17-12-28-20-7-3-6-15(2)21(20)22(17)31;1-13-6-5-7-15-20(13)25-12-16(21(15)27)22(28)26-19-11-18-14(8-9-24-18)10-17(19)23(2,3)4/h3,6-9,11-12,14H,4-5,10,13H2,1-2H3,(H,28,31)(H,29,32);5-12,24H,1-4H3,(H,25,27)(H,26,28). The van der Waals surface area contributed by atoms with E-state index in [2.05, 4.69) is 59.3 Å². The summed E-state index contributed by atoms with van der Waals surface area (Å²) >= 11 is 0. The fourth-order valence-electron chi connectivity index (χ4n) is 7.88. The molecule has 0 radical (unpaired) electrons. The van der Waals surface area contributed by atoms with Crippen LogP contribution < -0.4 is 26.4 Å². The Morgan fingerprint density at radius 3 is 2.15 bits per heavy atom. The first-order valence-corrected chi connectivity index (χ1v) is 19.8. The molecule has 0 saturated carbocycles. The second kappa shape index (κ2) is 16.2. The Balaban J connectivity index is 0.000000183. The number of aromatic amines is 3. The molecule has 1 atom stereocenters. The number of carbonyl (C=O) groups excluding carboxylic acids is 2. The predicted molar refractivity (Wildman–Crippen MR) is 234 cm³/mol. The van der Waals surface area contributed by atoms with Gasteiger partial charge in [-0.3, -0.25) is 19.2 Å². The smallest absolute Gasteiger partial charge is 0.371 e. The Kier molecular flexibility index (Phi) is 11.2. The maximum Gasteiger partial charge on any atom is 0.418 e. The summed E-state index contributed by atoms with van der Waals surface area (Å²) in [6, 6.07) is 20.6. The molecule has 1 aliphatic rings. The second-order valence-corrected chi connectivity index (χ2v) is 16.6. The first kappa shape index (κ1) is 41.5. The molecule has 10 nitrogen and oxygen atoms in total. The minimum atomic E-state index is -4.66. The number of rotatable bonds is 5. The lowest BCUT2D eigenvalue weighted by atomic mass is 9.85. The number of alkyl halides is 3. The van der Waals surface area contributed by atoms with Crippen LogP contribution in [0.2, 0.25) is 0 Å². The number of benzene rings is 4. The van der Waals surface area contributed by atoms with Crippen LogP contribution in [0.5, 0.6) is 0 Å². The molecule has 3 aromatic heterocycles. The normalized spacial score (nSPS) is 14.6. The SMILES string of the molecule is Cc1cccc2[nH]cc(C(=O)Nc3ccc(N4CCCC(C)C4)cc3C(F)(F)F)c(=O)c12.Cc1cccc2c(=O)c(C(=O)Nc3cc4[nH]ccc4cc3C(C)(C)C)c[nH]c12. The van der Waals surface area contributed by atoms with Crippen LogP contribution in [0.25, 0.3) is 32.7 Å². The fourth-order valence-corrected chi connectivity index (χ4v) is 7.88. The largest absolute Gasteiger partial charge is 0.418 e. The van der Waals surface area contributed by atoms with Gasteiger partial charge >= 0.3 is 6.18 Å². The van der Waals surface area contributed by atoms with Crippen molar-refractivity contribution in [1.29, 1.82) is 0 Å². The van der Waals surface area contributed by atoms with Gasteiger partial charge in [-0.25, -0.2) is 0 Å². The number of amides is 2. The molecular weight excluding hydrogens is 770 g/mol. The highest BCUT2D eigenvalue weighted by atomic mass is 19.4. The summed E-state index contributed by atoms with van der Waals surface area (Å²) in [6.07, 6.45) is 1.92. The van der Waals surface area contributed by atoms with E-state index in [4.69, 9.17) is 0 Å². The lowest BCUT2D eigenvalue weighted by Gasteiger charge is -2.33. The highest BCUT2D eigenvalue weighted by Crippen LogP contribution is 2.38. The van der Waals surface area contributed by atoms with Gasteiger partial charge in [0.15, 0.2) is 0 Å². The summed E-state index contributed by atoms with van der Waals surface area (Å²) in [4.78, 5) is 62.6. The number of nitrogens with zero attached hydrogens (tertiary/aromatic N) is 1. The van der Waals surface area contributed by atoms with E-state index in [1.165, 1.54) is 18.5 Å². The molecule has 8 rings (SSSR count).